The van der Waals surface area contributed by atoms with Gasteiger partial charge in [-0.2, -0.15) is 5.10 Å². The summed E-state index contributed by atoms with van der Waals surface area (Å²) in [5.41, 5.74) is 7.00. The van der Waals surface area contributed by atoms with Gasteiger partial charge in [-0.05, 0) is 13.0 Å². The number of hydrogen-bond donors (Lipinski definition) is 1. The van der Waals surface area contributed by atoms with Crippen molar-refractivity contribution in [3.8, 4) is 0 Å². The number of aryl methyl sites for hydroxylation is 1. The second-order valence-corrected chi connectivity index (χ2v) is 3.87. The summed E-state index contributed by atoms with van der Waals surface area (Å²) in [7, 11) is 1.87. The average Bonchev–Trinajstić information content (AvgIpc) is 2.70. The third-order valence-electron chi connectivity index (χ3n) is 2.97. The molecule has 15 heavy (non-hydrogen) atoms. The van der Waals surface area contributed by atoms with Crippen LogP contribution in [-0.2, 0) is 11.8 Å². The molecule has 0 saturated carbocycles. The van der Waals surface area contributed by atoms with Gasteiger partial charge in [-0.3, -0.25) is 9.48 Å². The van der Waals surface area contributed by atoms with Crippen molar-refractivity contribution in [2.45, 2.75) is 25.4 Å². The van der Waals surface area contributed by atoms with E-state index in [1.165, 1.54) is 0 Å². The van der Waals surface area contributed by atoms with Crippen LogP contribution in [0.4, 0.5) is 0 Å². The number of likely N-dealkylation sites (tertiary alicyclic amines) is 1. The fourth-order valence-electron chi connectivity index (χ4n) is 2.24. The predicted molar refractivity (Wildman–Crippen MR) is 55.9 cm³/mol. The van der Waals surface area contributed by atoms with E-state index in [0.717, 1.165) is 5.69 Å². The normalized spacial score (nSPS) is 26.3. The Morgan fingerprint density at radius 3 is 2.93 bits per heavy atom. The van der Waals surface area contributed by atoms with Crippen LogP contribution in [0.3, 0.4) is 0 Å². The summed E-state index contributed by atoms with van der Waals surface area (Å²) in [6, 6.07) is 1.79. The highest BCUT2D eigenvalue weighted by molar-refractivity contribution is 5.80. The molecule has 0 bridgehead atoms. The highest BCUT2D eigenvalue weighted by Gasteiger charge is 2.38. The van der Waals surface area contributed by atoms with Gasteiger partial charge in [0.05, 0.1) is 11.7 Å². The molecule has 2 rings (SSSR count). The molecule has 82 valence electrons. The summed E-state index contributed by atoms with van der Waals surface area (Å²) in [4.78, 5) is 13.5. The summed E-state index contributed by atoms with van der Waals surface area (Å²) in [5, 5.41) is 4.11. The first-order valence-electron chi connectivity index (χ1n) is 5.18. The Bertz CT molecular complexity index is 373. The van der Waals surface area contributed by atoms with Crippen molar-refractivity contribution in [3.05, 3.63) is 18.0 Å². The van der Waals surface area contributed by atoms with Gasteiger partial charge in [0.1, 0.15) is 0 Å². The van der Waals surface area contributed by atoms with E-state index >= 15 is 0 Å². The fraction of sp³-hybridized carbons (Fsp3) is 0.600. The molecular weight excluding hydrogens is 192 g/mol. The van der Waals surface area contributed by atoms with Gasteiger partial charge in [0.15, 0.2) is 0 Å². The van der Waals surface area contributed by atoms with Crippen LogP contribution in [-0.4, -0.2) is 33.2 Å². The van der Waals surface area contributed by atoms with Crippen molar-refractivity contribution >= 4 is 5.91 Å². The van der Waals surface area contributed by atoms with Gasteiger partial charge in [0, 0.05) is 32.3 Å². The van der Waals surface area contributed by atoms with Crippen molar-refractivity contribution in [2.75, 3.05) is 6.54 Å². The van der Waals surface area contributed by atoms with Crippen LogP contribution < -0.4 is 5.73 Å². The number of carbonyl (C=O) groups is 1. The molecule has 1 aliphatic rings. The molecule has 1 saturated heterocycles. The van der Waals surface area contributed by atoms with Gasteiger partial charge < -0.3 is 10.6 Å². The summed E-state index contributed by atoms with van der Waals surface area (Å²) in [5.74, 6) is 0.135. The lowest BCUT2D eigenvalue weighted by Gasteiger charge is -2.25. The molecule has 2 atom stereocenters. The van der Waals surface area contributed by atoms with Crippen molar-refractivity contribution in [1.82, 2.24) is 14.7 Å². The maximum atomic E-state index is 11.6. The molecule has 0 unspecified atom stereocenters. The molecule has 2 N–H and O–H groups in total. The first kappa shape index (κ1) is 10.2. The van der Waals surface area contributed by atoms with Gasteiger partial charge in [-0.1, -0.05) is 0 Å². The zero-order valence-electron chi connectivity index (χ0n) is 9.05. The van der Waals surface area contributed by atoms with Gasteiger partial charge in [-0.25, -0.2) is 0 Å². The monoisotopic (exact) mass is 208 g/mol. The van der Waals surface area contributed by atoms with E-state index in [-0.39, 0.29) is 18.0 Å². The Morgan fingerprint density at radius 1 is 1.67 bits per heavy atom. The van der Waals surface area contributed by atoms with Crippen LogP contribution in [0.15, 0.2) is 12.3 Å². The maximum Gasteiger partial charge on any atom is 0.224 e. The third-order valence-corrected chi connectivity index (χ3v) is 2.97. The third kappa shape index (κ3) is 1.52. The fourth-order valence-corrected chi connectivity index (χ4v) is 2.24. The first-order chi connectivity index (χ1) is 7.15. The molecule has 1 fully saturated rings. The number of hydrogen-bond acceptors (Lipinski definition) is 3. The highest BCUT2D eigenvalue weighted by Crippen LogP contribution is 2.30. The molecule has 0 spiro atoms. The summed E-state index contributed by atoms with van der Waals surface area (Å²) in [6.45, 7) is 2.67. The molecule has 5 nitrogen and oxygen atoms in total. The standard InChI is InChI=1S/C10H16N4O/c1-3-14-9(15)6-7(11)10(14)8-4-5-12-13(8)2/h4-5,7,10H,3,6,11H2,1-2H3/t7-,10-/m0/s1. The molecule has 1 aromatic rings. The summed E-state index contributed by atoms with van der Waals surface area (Å²) < 4.78 is 1.78. The Kier molecular flexibility index (Phi) is 2.48. The topological polar surface area (TPSA) is 64.2 Å². The minimum atomic E-state index is -0.118. The summed E-state index contributed by atoms with van der Waals surface area (Å²) in [6.07, 6.45) is 2.17. The Labute approximate surface area is 88.8 Å². The number of amides is 1. The molecule has 0 aromatic carbocycles. The van der Waals surface area contributed by atoms with E-state index in [2.05, 4.69) is 5.10 Å². The number of nitrogens with two attached hydrogens (primary N) is 1. The van der Waals surface area contributed by atoms with Crippen LogP contribution >= 0.6 is 0 Å². The number of aromatic nitrogens is 2. The smallest absolute Gasteiger partial charge is 0.224 e. The zero-order chi connectivity index (χ0) is 11.0. The molecule has 1 aliphatic heterocycles. The van der Waals surface area contributed by atoms with E-state index in [4.69, 9.17) is 5.73 Å². The summed E-state index contributed by atoms with van der Waals surface area (Å²) >= 11 is 0. The van der Waals surface area contributed by atoms with E-state index < -0.39 is 0 Å². The van der Waals surface area contributed by atoms with Gasteiger partial charge >= 0.3 is 0 Å². The Morgan fingerprint density at radius 2 is 2.40 bits per heavy atom. The second kappa shape index (κ2) is 3.66. The van der Waals surface area contributed by atoms with Gasteiger partial charge in [-0.15, -0.1) is 0 Å². The molecular formula is C10H16N4O. The van der Waals surface area contributed by atoms with Crippen molar-refractivity contribution < 1.29 is 4.79 Å². The quantitative estimate of drug-likeness (QED) is 0.746. The predicted octanol–water partition coefficient (Wildman–Crippen LogP) is 0.0407. The second-order valence-electron chi connectivity index (χ2n) is 3.87. The first-order valence-corrected chi connectivity index (χ1v) is 5.18. The SMILES string of the molecule is CCN1C(=O)C[C@H](N)[C@H]1c1ccnn1C. The largest absolute Gasteiger partial charge is 0.333 e. The van der Waals surface area contributed by atoms with Crippen LogP contribution in [0.25, 0.3) is 0 Å². The van der Waals surface area contributed by atoms with Crippen molar-refractivity contribution in [1.29, 1.82) is 0 Å². The Hall–Kier alpha value is -1.36. The lowest BCUT2D eigenvalue weighted by Crippen LogP contribution is -2.34. The average molecular weight is 208 g/mol. The van der Waals surface area contributed by atoms with Crippen LogP contribution in [0, 0.1) is 0 Å². The highest BCUT2D eigenvalue weighted by atomic mass is 16.2. The van der Waals surface area contributed by atoms with E-state index in [9.17, 15) is 4.79 Å². The molecule has 0 aliphatic carbocycles. The molecule has 0 radical (unpaired) electrons. The van der Waals surface area contributed by atoms with E-state index in [0.29, 0.717) is 13.0 Å². The van der Waals surface area contributed by atoms with Gasteiger partial charge in [0.2, 0.25) is 5.91 Å². The molecule has 2 heterocycles. The minimum absolute atomic E-state index is 0.0185. The van der Waals surface area contributed by atoms with Crippen molar-refractivity contribution in [2.24, 2.45) is 12.8 Å². The zero-order valence-corrected chi connectivity index (χ0v) is 9.05. The Balaban J connectivity index is 2.35. The number of likely N-dealkylation sites (N-methyl/N-ethyl adjacent to an activating group) is 1. The van der Waals surface area contributed by atoms with E-state index in [1.54, 1.807) is 10.9 Å². The minimum Gasteiger partial charge on any atom is -0.333 e. The van der Waals surface area contributed by atoms with E-state index in [1.807, 2.05) is 24.9 Å². The maximum absolute atomic E-state index is 11.6. The number of carbonyl (C=O) groups excluding carboxylic acids is 1. The van der Waals surface area contributed by atoms with Gasteiger partial charge in [0.25, 0.3) is 0 Å². The van der Waals surface area contributed by atoms with Crippen LogP contribution in [0.5, 0.6) is 0 Å². The molecule has 1 amide bonds. The number of rotatable bonds is 2. The number of nitrogens with zero attached hydrogens (tertiary/aromatic N) is 3. The van der Waals surface area contributed by atoms with Crippen LogP contribution in [0.1, 0.15) is 25.1 Å². The molecule has 5 heteroatoms. The molecule has 1 aromatic heterocycles. The van der Waals surface area contributed by atoms with Crippen molar-refractivity contribution in [3.63, 3.8) is 0 Å². The van der Waals surface area contributed by atoms with Crippen LogP contribution in [0.2, 0.25) is 0 Å². The lowest BCUT2D eigenvalue weighted by atomic mass is 10.1. The lowest BCUT2D eigenvalue weighted by molar-refractivity contribution is -0.128.